The zero-order valence-electron chi connectivity index (χ0n) is 8.14. The molecule has 0 amide bonds. The summed E-state index contributed by atoms with van der Waals surface area (Å²) in [6, 6.07) is 9.86. The van der Waals surface area contributed by atoms with Crippen LogP contribution in [0.2, 0.25) is 0 Å². The maximum Gasteiger partial charge on any atom is 0.213 e. The highest BCUT2D eigenvalue weighted by Crippen LogP contribution is 2.17. The molecule has 2 rings (SSSR count). The molecule has 0 radical (unpaired) electrons. The highest BCUT2D eigenvalue weighted by Gasteiger charge is 2.03. The van der Waals surface area contributed by atoms with E-state index in [0.717, 1.165) is 0 Å². The molecule has 0 fully saturated rings. The molecule has 0 bridgehead atoms. The smallest absolute Gasteiger partial charge is 0.213 e. The number of hydrogen-bond acceptors (Lipinski definition) is 3. The van der Waals surface area contributed by atoms with Gasteiger partial charge in [-0.05, 0) is 18.2 Å². The van der Waals surface area contributed by atoms with Gasteiger partial charge in [-0.1, -0.05) is 12.1 Å². The van der Waals surface area contributed by atoms with Crippen LogP contribution < -0.4 is 4.74 Å². The molecule has 2 heterocycles. The number of methoxy groups -OCH3 is 1. The van der Waals surface area contributed by atoms with Crippen LogP contribution in [0.5, 0.6) is 5.88 Å². The lowest BCUT2D eigenvalue weighted by atomic mass is 10.2. The minimum Gasteiger partial charge on any atom is -0.481 e. The summed E-state index contributed by atoms with van der Waals surface area (Å²) in [6.07, 6.45) is 0. The average Bonchev–Trinajstić information content (AvgIpc) is 2.29. The molecular weight excluding hydrogens is 195 g/mol. The molecule has 2 aromatic rings. The van der Waals surface area contributed by atoms with Crippen molar-refractivity contribution in [3.63, 3.8) is 0 Å². The van der Waals surface area contributed by atoms with Crippen LogP contribution in [0.1, 0.15) is 0 Å². The second-order valence-corrected chi connectivity index (χ2v) is 2.91. The lowest BCUT2D eigenvalue weighted by Gasteiger charge is -2.02. The second kappa shape index (κ2) is 4.04. The Bertz CT molecular complexity index is 474. The highest BCUT2D eigenvalue weighted by atomic mass is 19.1. The van der Waals surface area contributed by atoms with E-state index < -0.39 is 5.95 Å². The number of hydrogen-bond donors (Lipinski definition) is 0. The highest BCUT2D eigenvalue weighted by molar-refractivity contribution is 5.54. The fraction of sp³-hybridized carbons (Fsp3) is 0.0909. The van der Waals surface area contributed by atoms with E-state index in [-0.39, 0.29) is 0 Å². The summed E-state index contributed by atoms with van der Waals surface area (Å²) in [4.78, 5) is 7.89. The molecule has 0 aliphatic carbocycles. The molecule has 0 N–H and O–H groups in total. The fourth-order valence-electron chi connectivity index (χ4n) is 1.22. The molecule has 0 saturated heterocycles. The molecule has 0 aliphatic heterocycles. The Hall–Kier alpha value is -1.97. The van der Waals surface area contributed by atoms with Gasteiger partial charge in [-0.3, -0.25) is 0 Å². The summed E-state index contributed by atoms with van der Waals surface area (Å²) in [7, 11) is 1.53. The first-order valence-electron chi connectivity index (χ1n) is 4.43. The number of nitrogens with zero attached hydrogens (tertiary/aromatic N) is 2. The van der Waals surface area contributed by atoms with Crippen molar-refractivity contribution in [3.05, 3.63) is 42.3 Å². The van der Waals surface area contributed by atoms with E-state index in [1.807, 2.05) is 0 Å². The van der Waals surface area contributed by atoms with Crippen molar-refractivity contribution in [2.24, 2.45) is 0 Å². The zero-order valence-corrected chi connectivity index (χ0v) is 8.14. The van der Waals surface area contributed by atoms with Crippen molar-refractivity contribution in [1.29, 1.82) is 0 Å². The number of rotatable bonds is 2. The van der Waals surface area contributed by atoms with E-state index in [1.165, 1.54) is 13.2 Å². The maximum atomic E-state index is 12.9. The topological polar surface area (TPSA) is 35.0 Å². The second-order valence-electron chi connectivity index (χ2n) is 2.91. The van der Waals surface area contributed by atoms with Crippen LogP contribution >= 0.6 is 0 Å². The number of pyridine rings is 2. The monoisotopic (exact) mass is 204 g/mol. The molecule has 15 heavy (non-hydrogen) atoms. The zero-order chi connectivity index (χ0) is 10.7. The fourth-order valence-corrected chi connectivity index (χ4v) is 1.22. The van der Waals surface area contributed by atoms with Crippen molar-refractivity contribution >= 4 is 0 Å². The first-order valence-corrected chi connectivity index (χ1v) is 4.43. The summed E-state index contributed by atoms with van der Waals surface area (Å²) >= 11 is 0. The molecule has 0 spiro atoms. The van der Waals surface area contributed by atoms with Crippen molar-refractivity contribution < 1.29 is 9.13 Å². The van der Waals surface area contributed by atoms with Crippen molar-refractivity contribution in [2.75, 3.05) is 7.11 Å². The van der Waals surface area contributed by atoms with E-state index in [4.69, 9.17) is 4.74 Å². The number of ether oxygens (including phenoxy) is 1. The molecular formula is C11H9FN2O. The Morgan fingerprint density at radius 2 is 1.67 bits per heavy atom. The quantitative estimate of drug-likeness (QED) is 0.704. The van der Waals surface area contributed by atoms with Gasteiger partial charge >= 0.3 is 0 Å². The largest absolute Gasteiger partial charge is 0.481 e. The van der Waals surface area contributed by atoms with Crippen LogP contribution in [0, 0.1) is 5.95 Å². The molecule has 4 heteroatoms. The van der Waals surface area contributed by atoms with Crippen LogP contribution in [-0.4, -0.2) is 17.1 Å². The van der Waals surface area contributed by atoms with Gasteiger partial charge in [0.1, 0.15) is 0 Å². The summed E-state index contributed by atoms with van der Waals surface area (Å²) in [5.74, 6) is -0.0318. The van der Waals surface area contributed by atoms with Crippen LogP contribution in [0.3, 0.4) is 0 Å². The molecule has 76 valence electrons. The lowest BCUT2D eigenvalue weighted by Crippen LogP contribution is -1.92. The third-order valence-electron chi connectivity index (χ3n) is 1.91. The van der Waals surface area contributed by atoms with Crippen LogP contribution in [0.25, 0.3) is 11.4 Å². The summed E-state index contributed by atoms with van der Waals surface area (Å²) in [5, 5.41) is 0. The van der Waals surface area contributed by atoms with E-state index in [2.05, 4.69) is 9.97 Å². The molecule has 0 aliphatic rings. The van der Waals surface area contributed by atoms with Gasteiger partial charge in [0.25, 0.3) is 0 Å². The summed E-state index contributed by atoms with van der Waals surface area (Å²) < 4.78 is 17.8. The first kappa shape index (κ1) is 9.58. The van der Waals surface area contributed by atoms with E-state index in [0.29, 0.717) is 17.3 Å². The molecule has 0 aromatic carbocycles. The average molecular weight is 204 g/mol. The predicted octanol–water partition coefficient (Wildman–Crippen LogP) is 2.29. The van der Waals surface area contributed by atoms with Crippen molar-refractivity contribution in [2.45, 2.75) is 0 Å². The van der Waals surface area contributed by atoms with Crippen LogP contribution in [-0.2, 0) is 0 Å². The molecule has 0 atom stereocenters. The van der Waals surface area contributed by atoms with Gasteiger partial charge in [0.05, 0.1) is 18.5 Å². The minimum atomic E-state index is -0.517. The molecule has 2 aromatic heterocycles. The van der Waals surface area contributed by atoms with E-state index in [9.17, 15) is 4.39 Å². The van der Waals surface area contributed by atoms with Gasteiger partial charge in [0.2, 0.25) is 11.8 Å². The Labute approximate surface area is 86.6 Å². The van der Waals surface area contributed by atoms with Crippen LogP contribution in [0.15, 0.2) is 36.4 Å². The number of aromatic nitrogens is 2. The van der Waals surface area contributed by atoms with Crippen molar-refractivity contribution in [1.82, 2.24) is 9.97 Å². The molecule has 3 nitrogen and oxygen atoms in total. The standard InChI is InChI=1S/C11H9FN2O/c1-15-11-7-3-5-9(14-11)8-4-2-6-10(12)13-8/h2-7H,1H3. The summed E-state index contributed by atoms with van der Waals surface area (Å²) in [5.41, 5.74) is 1.09. The molecule has 0 unspecified atom stereocenters. The third kappa shape index (κ3) is 2.10. The van der Waals surface area contributed by atoms with Crippen LogP contribution in [0.4, 0.5) is 4.39 Å². The van der Waals surface area contributed by atoms with E-state index in [1.54, 1.807) is 30.3 Å². The summed E-state index contributed by atoms with van der Waals surface area (Å²) in [6.45, 7) is 0. The lowest BCUT2D eigenvalue weighted by molar-refractivity contribution is 0.398. The minimum absolute atomic E-state index is 0.485. The Morgan fingerprint density at radius 1 is 1.00 bits per heavy atom. The third-order valence-corrected chi connectivity index (χ3v) is 1.91. The van der Waals surface area contributed by atoms with Crippen molar-refractivity contribution in [3.8, 4) is 17.3 Å². The van der Waals surface area contributed by atoms with E-state index >= 15 is 0 Å². The van der Waals surface area contributed by atoms with Gasteiger partial charge in [0, 0.05) is 6.07 Å². The van der Waals surface area contributed by atoms with Gasteiger partial charge < -0.3 is 4.74 Å². The number of halogens is 1. The molecule has 0 saturated carbocycles. The Morgan fingerprint density at radius 3 is 2.33 bits per heavy atom. The maximum absolute atomic E-state index is 12.9. The first-order chi connectivity index (χ1) is 7.29. The van der Waals surface area contributed by atoms with Gasteiger partial charge in [-0.25, -0.2) is 9.97 Å². The van der Waals surface area contributed by atoms with Gasteiger partial charge in [0.15, 0.2) is 0 Å². The Kier molecular flexibility index (Phi) is 2.58. The normalized spacial score (nSPS) is 10.0. The van der Waals surface area contributed by atoms with Gasteiger partial charge in [-0.15, -0.1) is 0 Å². The predicted molar refractivity (Wildman–Crippen MR) is 54.0 cm³/mol. The van der Waals surface area contributed by atoms with Gasteiger partial charge in [-0.2, -0.15) is 4.39 Å². The SMILES string of the molecule is COc1cccc(-c2cccc(F)n2)n1. The Balaban J connectivity index is 2.44.